The van der Waals surface area contributed by atoms with Gasteiger partial charge in [-0.3, -0.25) is 0 Å². The van der Waals surface area contributed by atoms with Crippen LogP contribution < -0.4 is 10.0 Å². The molecule has 13 heteroatoms. The zero-order chi connectivity index (χ0) is 25.2. The highest BCUT2D eigenvalue weighted by molar-refractivity contribution is 9.10. The maximum absolute atomic E-state index is 13.2. The first-order chi connectivity index (χ1) is 16.6. The smallest absolute Gasteiger partial charge is 0.370 e. The van der Waals surface area contributed by atoms with E-state index in [1.807, 2.05) is 18.2 Å². The molecule has 0 bridgehead atoms. The van der Waals surface area contributed by atoms with Crippen LogP contribution in [0.15, 0.2) is 70.2 Å². The second-order valence-corrected chi connectivity index (χ2v) is 10.4. The van der Waals surface area contributed by atoms with Crippen molar-refractivity contribution >= 4 is 49.0 Å². The minimum absolute atomic E-state index is 0.0735. The van der Waals surface area contributed by atoms with Gasteiger partial charge in [0.2, 0.25) is 10.0 Å². The summed E-state index contributed by atoms with van der Waals surface area (Å²) in [6, 6.07) is 13.1. The lowest BCUT2D eigenvalue weighted by Gasteiger charge is -2.14. The largest absolute Gasteiger partial charge is 0.417 e. The Hall–Kier alpha value is -2.67. The van der Waals surface area contributed by atoms with Gasteiger partial charge in [-0.05, 0) is 40.5 Å². The molecule has 0 radical (unpaired) electrons. The number of halogens is 5. The van der Waals surface area contributed by atoms with Gasteiger partial charge in [-0.1, -0.05) is 41.9 Å². The highest BCUT2D eigenvalue weighted by Gasteiger charge is 2.36. The fraction of sp³-hybridized carbons (Fsp3) is 0.182. The molecule has 2 heterocycles. The maximum Gasteiger partial charge on any atom is 0.417 e. The van der Waals surface area contributed by atoms with Crippen molar-refractivity contribution in [3.63, 3.8) is 0 Å². The summed E-state index contributed by atoms with van der Waals surface area (Å²) in [7, 11) is -4.34. The van der Waals surface area contributed by atoms with Crippen molar-refractivity contribution in [3.8, 4) is 11.3 Å². The Kier molecular flexibility index (Phi) is 7.36. The zero-order valence-corrected chi connectivity index (χ0v) is 21.0. The molecular formula is C22H18BrClF3N5O2S. The van der Waals surface area contributed by atoms with Gasteiger partial charge in [-0.2, -0.15) is 22.8 Å². The van der Waals surface area contributed by atoms with E-state index < -0.39 is 26.7 Å². The first-order valence-electron chi connectivity index (χ1n) is 10.3. The van der Waals surface area contributed by atoms with Crippen molar-refractivity contribution in [2.75, 3.05) is 18.4 Å². The second-order valence-electron chi connectivity index (χ2n) is 7.41. The van der Waals surface area contributed by atoms with Crippen LogP contribution in [0.5, 0.6) is 0 Å². The third-order valence-electron chi connectivity index (χ3n) is 5.01. The molecule has 184 valence electrons. The Morgan fingerprint density at radius 2 is 1.77 bits per heavy atom. The monoisotopic (exact) mass is 587 g/mol. The molecule has 0 unspecified atom stereocenters. The molecule has 0 spiro atoms. The highest BCUT2D eigenvalue weighted by atomic mass is 79.9. The summed E-state index contributed by atoms with van der Waals surface area (Å²) in [4.78, 5) is 3.81. The summed E-state index contributed by atoms with van der Waals surface area (Å²) in [5, 5.41) is 7.98. The van der Waals surface area contributed by atoms with E-state index in [0.717, 1.165) is 23.8 Å². The van der Waals surface area contributed by atoms with E-state index in [2.05, 4.69) is 36.1 Å². The van der Waals surface area contributed by atoms with Gasteiger partial charge in [0.1, 0.15) is 5.82 Å². The van der Waals surface area contributed by atoms with Gasteiger partial charge < -0.3 is 5.32 Å². The number of anilines is 1. The van der Waals surface area contributed by atoms with Crippen molar-refractivity contribution < 1.29 is 21.6 Å². The first kappa shape index (κ1) is 25.4. The summed E-state index contributed by atoms with van der Waals surface area (Å²) in [6.07, 6.45) is -2.89. The van der Waals surface area contributed by atoms with E-state index in [0.29, 0.717) is 39.6 Å². The predicted octanol–water partition coefficient (Wildman–Crippen LogP) is 5.61. The lowest BCUT2D eigenvalue weighted by molar-refractivity contribution is -0.139. The summed E-state index contributed by atoms with van der Waals surface area (Å²) < 4.78 is 69.0. The molecule has 0 saturated carbocycles. The molecule has 0 aliphatic rings. The minimum atomic E-state index is -4.78. The highest BCUT2D eigenvalue weighted by Crippen LogP contribution is 2.34. The molecule has 0 aliphatic heterocycles. The number of benzene rings is 2. The van der Waals surface area contributed by atoms with Crippen LogP contribution in [0.1, 0.15) is 12.0 Å². The molecule has 2 aromatic carbocycles. The van der Waals surface area contributed by atoms with Gasteiger partial charge in [-0.25, -0.2) is 18.1 Å². The van der Waals surface area contributed by atoms with Crippen LogP contribution in [0, 0.1) is 0 Å². The number of fused-ring (bicyclic) bond motifs is 1. The number of sulfonamides is 1. The Labute approximate surface area is 212 Å². The van der Waals surface area contributed by atoms with Crippen molar-refractivity contribution in [2.45, 2.75) is 17.5 Å². The molecular weight excluding hydrogens is 571 g/mol. The Balaban J connectivity index is 1.46. The average molecular weight is 589 g/mol. The lowest BCUT2D eigenvalue weighted by Crippen LogP contribution is -2.28. The lowest BCUT2D eigenvalue weighted by atomic mass is 10.1. The van der Waals surface area contributed by atoms with Gasteiger partial charge in [0.15, 0.2) is 5.65 Å². The Bertz CT molecular complexity index is 1480. The normalized spacial score (nSPS) is 12.3. The van der Waals surface area contributed by atoms with E-state index >= 15 is 0 Å². The van der Waals surface area contributed by atoms with Gasteiger partial charge in [-0.15, -0.1) is 0 Å². The molecule has 0 atom stereocenters. The number of hydrogen-bond donors (Lipinski definition) is 2. The van der Waals surface area contributed by atoms with Crippen molar-refractivity contribution in [1.29, 1.82) is 0 Å². The first-order valence-corrected chi connectivity index (χ1v) is 12.9. The van der Waals surface area contributed by atoms with Gasteiger partial charge in [0.05, 0.1) is 26.8 Å². The second kappa shape index (κ2) is 10.1. The van der Waals surface area contributed by atoms with Crippen LogP contribution in [-0.2, 0) is 16.2 Å². The SMILES string of the molecule is O=S(=O)(NCCCNc1cc(-c2ccccc2Cl)nc2c(Br)cnn12)c1ccccc1C(F)(F)F. The molecule has 2 N–H and O–H groups in total. The quantitative estimate of drug-likeness (QED) is 0.261. The molecule has 0 saturated heterocycles. The number of alkyl halides is 3. The van der Waals surface area contributed by atoms with Crippen LogP contribution >= 0.6 is 27.5 Å². The molecule has 7 nitrogen and oxygen atoms in total. The Morgan fingerprint density at radius 3 is 2.51 bits per heavy atom. The number of nitrogens with zero attached hydrogens (tertiary/aromatic N) is 3. The Morgan fingerprint density at radius 1 is 1.06 bits per heavy atom. The summed E-state index contributed by atoms with van der Waals surface area (Å²) in [6.45, 7) is 0.234. The van der Waals surface area contributed by atoms with Crippen LogP contribution in [0.3, 0.4) is 0 Å². The summed E-state index contributed by atoms with van der Waals surface area (Å²) >= 11 is 9.74. The number of rotatable bonds is 8. The molecule has 0 amide bonds. The molecule has 35 heavy (non-hydrogen) atoms. The average Bonchev–Trinajstić information content (AvgIpc) is 3.19. The predicted molar refractivity (Wildman–Crippen MR) is 131 cm³/mol. The third-order valence-corrected chi connectivity index (χ3v) is 7.42. The maximum atomic E-state index is 13.2. The topological polar surface area (TPSA) is 88.4 Å². The number of hydrogen-bond acceptors (Lipinski definition) is 5. The van der Waals surface area contributed by atoms with E-state index in [1.165, 1.54) is 6.07 Å². The van der Waals surface area contributed by atoms with Crippen LogP contribution in [0.25, 0.3) is 16.9 Å². The number of aromatic nitrogens is 3. The summed E-state index contributed by atoms with van der Waals surface area (Å²) in [5.74, 6) is 0.584. The molecule has 4 aromatic rings. The van der Waals surface area contributed by atoms with E-state index in [1.54, 1.807) is 22.8 Å². The summed E-state index contributed by atoms with van der Waals surface area (Å²) in [5.41, 5.74) is 0.677. The van der Waals surface area contributed by atoms with Crippen molar-refractivity contribution in [1.82, 2.24) is 19.3 Å². The van der Waals surface area contributed by atoms with Gasteiger partial charge >= 0.3 is 6.18 Å². The van der Waals surface area contributed by atoms with Crippen LogP contribution in [-0.4, -0.2) is 36.1 Å². The fourth-order valence-corrected chi connectivity index (χ4v) is 5.27. The van der Waals surface area contributed by atoms with Crippen molar-refractivity contribution in [3.05, 3.63) is 75.9 Å². The van der Waals surface area contributed by atoms with Crippen molar-refractivity contribution in [2.24, 2.45) is 0 Å². The van der Waals surface area contributed by atoms with Crippen LogP contribution in [0.4, 0.5) is 19.0 Å². The van der Waals surface area contributed by atoms with Crippen LogP contribution in [0.2, 0.25) is 5.02 Å². The van der Waals surface area contributed by atoms with E-state index in [-0.39, 0.29) is 6.54 Å². The fourth-order valence-electron chi connectivity index (χ4n) is 3.39. The molecule has 0 fully saturated rings. The zero-order valence-electron chi connectivity index (χ0n) is 17.9. The van der Waals surface area contributed by atoms with E-state index in [4.69, 9.17) is 11.6 Å². The van der Waals surface area contributed by atoms with Gasteiger partial charge in [0, 0.05) is 29.7 Å². The van der Waals surface area contributed by atoms with Gasteiger partial charge in [0.25, 0.3) is 0 Å². The molecule has 4 rings (SSSR count). The third kappa shape index (κ3) is 5.61. The standard InChI is InChI=1S/C22H18BrClF3N5O2S/c23-16-13-29-32-20(12-18(31-21(16)32)14-6-1-3-8-17(14)24)28-10-5-11-30-35(33,34)19-9-4-2-7-15(19)22(25,26)27/h1-4,6-9,12-13,28,30H,5,10-11H2. The van der Waals surface area contributed by atoms with E-state index in [9.17, 15) is 21.6 Å². The molecule has 0 aliphatic carbocycles. The minimum Gasteiger partial charge on any atom is -0.370 e. The number of nitrogens with one attached hydrogen (secondary N) is 2. The molecule has 2 aromatic heterocycles.